The molecule has 0 radical (unpaired) electrons. The van der Waals surface area contributed by atoms with Crippen molar-refractivity contribution in [3.63, 3.8) is 0 Å². The van der Waals surface area contributed by atoms with Gasteiger partial charge in [0.05, 0.1) is 5.69 Å². The van der Waals surface area contributed by atoms with E-state index in [4.69, 9.17) is 12.2 Å². The van der Waals surface area contributed by atoms with Crippen molar-refractivity contribution in [1.82, 2.24) is 9.55 Å². The third-order valence-electron chi connectivity index (χ3n) is 2.26. The molecule has 2 aromatic rings. The SMILES string of the molecule is Cc1ccc(-n2cc[nH]c2=S)c(C)c1. The highest BCUT2D eigenvalue weighted by atomic mass is 32.1. The molecule has 0 aliphatic rings. The van der Waals surface area contributed by atoms with Crippen LogP contribution in [-0.2, 0) is 0 Å². The third kappa shape index (κ3) is 1.51. The number of imidazole rings is 1. The number of nitrogens with zero attached hydrogens (tertiary/aromatic N) is 1. The third-order valence-corrected chi connectivity index (χ3v) is 2.58. The molecule has 3 heteroatoms. The maximum Gasteiger partial charge on any atom is 0.181 e. The molecule has 0 saturated carbocycles. The Morgan fingerprint density at radius 1 is 1.29 bits per heavy atom. The normalized spacial score (nSPS) is 10.4. The summed E-state index contributed by atoms with van der Waals surface area (Å²) in [6.45, 7) is 4.18. The minimum Gasteiger partial charge on any atom is -0.337 e. The average Bonchev–Trinajstić information content (AvgIpc) is 2.52. The Bertz CT molecular complexity index is 508. The molecule has 0 bridgehead atoms. The van der Waals surface area contributed by atoms with Gasteiger partial charge in [0, 0.05) is 12.4 Å². The first-order chi connectivity index (χ1) is 6.68. The van der Waals surface area contributed by atoms with E-state index in [2.05, 4.69) is 37.0 Å². The topological polar surface area (TPSA) is 20.7 Å². The zero-order valence-electron chi connectivity index (χ0n) is 8.24. The molecule has 0 atom stereocenters. The summed E-state index contributed by atoms with van der Waals surface area (Å²) in [6, 6.07) is 6.34. The number of aromatic amines is 1. The fourth-order valence-electron chi connectivity index (χ4n) is 1.59. The van der Waals surface area contributed by atoms with E-state index < -0.39 is 0 Å². The lowest BCUT2D eigenvalue weighted by Gasteiger charge is -2.07. The summed E-state index contributed by atoms with van der Waals surface area (Å²) < 4.78 is 2.71. The Morgan fingerprint density at radius 2 is 2.07 bits per heavy atom. The summed E-state index contributed by atoms with van der Waals surface area (Å²) in [7, 11) is 0. The highest BCUT2D eigenvalue weighted by Crippen LogP contribution is 2.15. The molecule has 0 unspecified atom stereocenters. The first-order valence-electron chi connectivity index (χ1n) is 4.52. The van der Waals surface area contributed by atoms with Crippen molar-refractivity contribution < 1.29 is 0 Å². The number of rotatable bonds is 1. The molecule has 1 aromatic carbocycles. The van der Waals surface area contributed by atoms with E-state index in [0.717, 1.165) is 10.5 Å². The Balaban J connectivity index is 2.63. The first-order valence-corrected chi connectivity index (χ1v) is 4.93. The van der Waals surface area contributed by atoms with Gasteiger partial charge in [0.1, 0.15) is 0 Å². The largest absolute Gasteiger partial charge is 0.337 e. The summed E-state index contributed by atoms with van der Waals surface area (Å²) in [6.07, 6.45) is 3.79. The second kappa shape index (κ2) is 3.42. The number of H-pyrrole nitrogens is 1. The highest BCUT2D eigenvalue weighted by molar-refractivity contribution is 7.71. The molecule has 2 nitrogen and oxygen atoms in total. The van der Waals surface area contributed by atoms with Crippen molar-refractivity contribution in [3.05, 3.63) is 46.5 Å². The predicted molar refractivity (Wildman–Crippen MR) is 60.4 cm³/mol. The van der Waals surface area contributed by atoms with Gasteiger partial charge in [-0.05, 0) is 37.7 Å². The summed E-state index contributed by atoms with van der Waals surface area (Å²) in [4.78, 5) is 2.99. The Morgan fingerprint density at radius 3 is 2.64 bits per heavy atom. The number of aromatic nitrogens is 2. The van der Waals surface area contributed by atoms with Crippen LogP contribution in [0.2, 0.25) is 0 Å². The molecule has 0 aliphatic heterocycles. The second-order valence-corrected chi connectivity index (χ2v) is 3.81. The first kappa shape index (κ1) is 9.21. The Hall–Kier alpha value is -1.35. The minimum absolute atomic E-state index is 0.733. The summed E-state index contributed by atoms with van der Waals surface area (Å²) in [5.74, 6) is 0. The number of hydrogen-bond acceptors (Lipinski definition) is 1. The number of benzene rings is 1. The molecule has 0 spiro atoms. The summed E-state index contributed by atoms with van der Waals surface area (Å²) in [5.41, 5.74) is 3.65. The standard InChI is InChI=1S/C11H12N2S/c1-8-3-4-10(9(2)7-8)13-6-5-12-11(13)14/h3-7H,1-2H3,(H,12,14). The number of aryl methyl sites for hydroxylation is 2. The van der Waals surface area contributed by atoms with Crippen LogP contribution in [0.5, 0.6) is 0 Å². The molecule has 1 heterocycles. The van der Waals surface area contributed by atoms with Crippen LogP contribution in [-0.4, -0.2) is 9.55 Å². The molecule has 0 fully saturated rings. The van der Waals surface area contributed by atoms with Gasteiger partial charge in [-0.2, -0.15) is 0 Å². The zero-order chi connectivity index (χ0) is 10.1. The van der Waals surface area contributed by atoms with Crippen molar-refractivity contribution >= 4 is 12.2 Å². The monoisotopic (exact) mass is 204 g/mol. The summed E-state index contributed by atoms with van der Waals surface area (Å²) >= 11 is 5.17. The lowest BCUT2D eigenvalue weighted by molar-refractivity contribution is 1.01. The molecule has 0 amide bonds. The molecule has 1 aromatic heterocycles. The average molecular weight is 204 g/mol. The van der Waals surface area contributed by atoms with Crippen molar-refractivity contribution in [3.8, 4) is 5.69 Å². The van der Waals surface area contributed by atoms with Crippen LogP contribution < -0.4 is 0 Å². The van der Waals surface area contributed by atoms with E-state index in [9.17, 15) is 0 Å². The number of hydrogen-bond donors (Lipinski definition) is 1. The predicted octanol–water partition coefficient (Wildman–Crippen LogP) is 3.15. The molecular weight excluding hydrogens is 192 g/mol. The van der Waals surface area contributed by atoms with E-state index in [0.29, 0.717) is 0 Å². The van der Waals surface area contributed by atoms with Crippen LogP contribution in [0.4, 0.5) is 0 Å². The second-order valence-electron chi connectivity index (χ2n) is 3.43. The summed E-state index contributed by atoms with van der Waals surface area (Å²) in [5, 5.41) is 0. The van der Waals surface area contributed by atoms with Gasteiger partial charge in [0.2, 0.25) is 0 Å². The van der Waals surface area contributed by atoms with Gasteiger partial charge in [0.15, 0.2) is 4.77 Å². The molecule has 1 N–H and O–H groups in total. The van der Waals surface area contributed by atoms with Crippen molar-refractivity contribution in [2.75, 3.05) is 0 Å². The van der Waals surface area contributed by atoms with Crippen LogP contribution in [0.1, 0.15) is 11.1 Å². The molecule has 2 rings (SSSR count). The van der Waals surface area contributed by atoms with Crippen molar-refractivity contribution in [2.24, 2.45) is 0 Å². The van der Waals surface area contributed by atoms with Crippen molar-refractivity contribution in [2.45, 2.75) is 13.8 Å². The maximum atomic E-state index is 5.17. The Labute approximate surface area is 88.2 Å². The van der Waals surface area contributed by atoms with Gasteiger partial charge in [-0.1, -0.05) is 17.7 Å². The van der Waals surface area contributed by atoms with Crippen LogP contribution in [0.3, 0.4) is 0 Å². The fraction of sp³-hybridized carbons (Fsp3) is 0.182. The van der Waals surface area contributed by atoms with E-state index in [1.165, 1.54) is 11.1 Å². The Kier molecular flexibility index (Phi) is 2.25. The van der Waals surface area contributed by atoms with Gasteiger partial charge < -0.3 is 4.98 Å². The molecule has 0 aliphatic carbocycles. The highest BCUT2D eigenvalue weighted by Gasteiger charge is 2.01. The zero-order valence-corrected chi connectivity index (χ0v) is 9.06. The van der Waals surface area contributed by atoms with E-state index in [1.54, 1.807) is 0 Å². The van der Waals surface area contributed by atoms with Gasteiger partial charge in [0.25, 0.3) is 0 Å². The van der Waals surface area contributed by atoms with Gasteiger partial charge >= 0.3 is 0 Å². The molecule has 0 saturated heterocycles. The number of nitrogens with one attached hydrogen (secondary N) is 1. The van der Waals surface area contributed by atoms with Crippen LogP contribution in [0.15, 0.2) is 30.6 Å². The minimum atomic E-state index is 0.733. The van der Waals surface area contributed by atoms with Crippen LogP contribution in [0.25, 0.3) is 5.69 Å². The van der Waals surface area contributed by atoms with Gasteiger partial charge in [-0.3, -0.25) is 4.57 Å². The van der Waals surface area contributed by atoms with E-state index >= 15 is 0 Å². The lowest BCUT2D eigenvalue weighted by atomic mass is 10.1. The molecule has 72 valence electrons. The lowest BCUT2D eigenvalue weighted by Crippen LogP contribution is -1.95. The maximum absolute atomic E-state index is 5.17. The van der Waals surface area contributed by atoms with Crippen LogP contribution in [0, 0.1) is 18.6 Å². The van der Waals surface area contributed by atoms with Gasteiger partial charge in [-0.15, -0.1) is 0 Å². The fourth-order valence-corrected chi connectivity index (χ4v) is 1.81. The van der Waals surface area contributed by atoms with Crippen molar-refractivity contribution in [1.29, 1.82) is 0 Å². The molecular formula is C11H12N2S. The molecule has 14 heavy (non-hydrogen) atoms. The smallest absolute Gasteiger partial charge is 0.181 e. The van der Waals surface area contributed by atoms with E-state index in [1.807, 2.05) is 17.0 Å². The quantitative estimate of drug-likeness (QED) is 0.708. The van der Waals surface area contributed by atoms with Crippen LogP contribution >= 0.6 is 12.2 Å². The van der Waals surface area contributed by atoms with E-state index in [-0.39, 0.29) is 0 Å². The van der Waals surface area contributed by atoms with Gasteiger partial charge in [-0.25, -0.2) is 0 Å².